The molecule has 4 nitrogen and oxygen atoms in total. The molecule has 1 saturated heterocycles. The summed E-state index contributed by atoms with van der Waals surface area (Å²) in [5.74, 6) is 1.69. The van der Waals surface area contributed by atoms with Crippen molar-refractivity contribution in [3.63, 3.8) is 0 Å². The molecule has 19 heavy (non-hydrogen) atoms. The van der Waals surface area contributed by atoms with Gasteiger partial charge in [-0.05, 0) is 31.0 Å². The van der Waals surface area contributed by atoms with E-state index in [1.165, 1.54) is 6.42 Å². The highest BCUT2D eigenvalue weighted by Crippen LogP contribution is 2.23. The Balaban J connectivity index is 1.57. The topological polar surface area (TPSA) is 53.9 Å². The number of ether oxygens (including phenoxy) is 1. The fraction of sp³-hybridized carbons (Fsp3) is 0.533. The highest BCUT2D eigenvalue weighted by atomic mass is 16.5. The number of piperidine rings is 1. The van der Waals surface area contributed by atoms with Crippen LogP contribution in [0.1, 0.15) is 18.4 Å². The summed E-state index contributed by atoms with van der Waals surface area (Å²) in [5, 5.41) is 13.2. The Kier molecular flexibility index (Phi) is 3.69. The second-order valence-corrected chi connectivity index (χ2v) is 5.29. The maximum atomic E-state index is 9.78. The zero-order valence-corrected chi connectivity index (χ0v) is 11.0. The quantitative estimate of drug-likeness (QED) is 0.870. The molecule has 0 aliphatic carbocycles. The zero-order chi connectivity index (χ0) is 13.1. The first-order valence-electron chi connectivity index (χ1n) is 7.01. The van der Waals surface area contributed by atoms with Gasteiger partial charge in [-0.3, -0.25) is 4.99 Å². The van der Waals surface area contributed by atoms with Crippen LogP contribution in [-0.4, -0.2) is 36.7 Å². The van der Waals surface area contributed by atoms with Gasteiger partial charge in [0.2, 0.25) is 0 Å². The maximum absolute atomic E-state index is 9.78. The van der Waals surface area contributed by atoms with Crippen LogP contribution < -0.4 is 5.32 Å². The molecular weight excluding hydrogens is 240 g/mol. The summed E-state index contributed by atoms with van der Waals surface area (Å²) in [6.45, 7) is 2.79. The number of phenols is 1. The van der Waals surface area contributed by atoms with Crippen LogP contribution in [0, 0.1) is 5.92 Å². The Morgan fingerprint density at radius 3 is 3.05 bits per heavy atom. The number of nitrogens with zero attached hydrogens (tertiary/aromatic N) is 1. The first-order chi connectivity index (χ1) is 9.33. The number of aliphatic imine (C=N–C) groups is 1. The van der Waals surface area contributed by atoms with E-state index in [1.807, 2.05) is 18.2 Å². The van der Waals surface area contributed by atoms with Gasteiger partial charge in [-0.15, -0.1) is 0 Å². The van der Waals surface area contributed by atoms with Crippen molar-refractivity contribution in [2.75, 3.05) is 19.6 Å². The average Bonchev–Trinajstić information content (AvgIpc) is 2.91. The van der Waals surface area contributed by atoms with Gasteiger partial charge in [-0.2, -0.15) is 0 Å². The van der Waals surface area contributed by atoms with Gasteiger partial charge in [-0.1, -0.05) is 18.2 Å². The van der Waals surface area contributed by atoms with Gasteiger partial charge in [-0.25, -0.2) is 0 Å². The van der Waals surface area contributed by atoms with Crippen LogP contribution >= 0.6 is 0 Å². The zero-order valence-electron chi connectivity index (χ0n) is 11.0. The molecule has 0 radical (unpaired) electrons. The first kappa shape index (κ1) is 12.5. The fourth-order valence-corrected chi connectivity index (χ4v) is 2.76. The third kappa shape index (κ3) is 2.89. The second-order valence-electron chi connectivity index (χ2n) is 5.29. The summed E-state index contributed by atoms with van der Waals surface area (Å²) in [6.07, 6.45) is 3.15. The summed E-state index contributed by atoms with van der Waals surface area (Å²) in [4.78, 5) is 4.54. The van der Waals surface area contributed by atoms with Gasteiger partial charge in [0.15, 0.2) is 5.90 Å². The molecule has 0 spiro atoms. The van der Waals surface area contributed by atoms with E-state index >= 15 is 0 Å². The lowest BCUT2D eigenvalue weighted by Gasteiger charge is -2.23. The summed E-state index contributed by atoms with van der Waals surface area (Å²) < 4.78 is 5.96. The molecule has 1 fully saturated rings. The van der Waals surface area contributed by atoms with Crippen molar-refractivity contribution < 1.29 is 9.84 Å². The van der Waals surface area contributed by atoms with Gasteiger partial charge >= 0.3 is 0 Å². The van der Waals surface area contributed by atoms with Crippen molar-refractivity contribution in [3.05, 3.63) is 29.8 Å². The van der Waals surface area contributed by atoms with E-state index in [0.717, 1.165) is 37.4 Å². The molecule has 2 N–H and O–H groups in total. The first-order valence-corrected chi connectivity index (χ1v) is 7.01. The van der Waals surface area contributed by atoms with E-state index in [9.17, 15) is 5.11 Å². The van der Waals surface area contributed by atoms with Crippen LogP contribution in [-0.2, 0) is 11.2 Å². The summed E-state index contributed by atoms with van der Waals surface area (Å²) in [5.41, 5.74) is 0.936. The molecule has 1 aromatic carbocycles. The molecular formula is C15H20N2O2. The van der Waals surface area contributed by atoms with E-state index in [4.69, 9.17) is 4.74 Å². The minimum atomic E-state index is 0.0743. The minimum Gasteiger partial charge on any atom is -0.508 e. The normalized spacial score (nSPS) is 26.8. The standard InChI is InChI=1S/C15H20N2O2/c18-14-6-2-1-4-11(14)8-13-10-17-15(19-13)12-5-3-7-16-9-12/h1-2,4,6,12-13,16,18H,3,5,7-10H2. The molecule has 0 aromatic heterocycles. The number of para-hydroxylation sites is 1. The number of hydrogen-bond donors (Lipinski definition) is 2. The molecule has 2 atom stereocenters. The summed E-state index contributed by atoms with van der Waals surface area (Å²) in [7, 11) is 0. The molecule has 102 valence electrons. The van der Waals surface area contributed by atoms with Gasteiger partial charge in [0.25, 0.3) is 0 Å². The molecule has 0 saturated carbocycles. The van der Waals surface area contributed by atoms with Crippen LogP contribution in [0.15, 0.2) is 29.3 Å². The SMILES string of the molecule is Oc1ccccc1CC1CN=C(C2CCCNC2)O1. The van der Waals surface area contributed by atoms with Crippen LogP contribution in [0.25, 0.3) is 0 Å². The molecule has 2 aliphatic heterocycles. The van der Waals surface area contributed by atoms with E-state index in [2.05, 4.69) is 10.3 Å². The van der Waals surface area contributed by atoms with Gasteiger partial charge in [0.05, 0.1) is 6.54 Å². The number of benzene rings is 1. The lowest BCUT2D eigenvalue weighted by atomic mass is 10.00. The van der Waals surface area contributed by atoms with Crippen LogP contribution in [0.3, 0.4) is 0 Å². The molecule has 0 amide bonds. The number of hydrogen-bond acceptors (Lipinski definition) is 4. The fourth-order valence-electron chi connectivity index (χ4n) is 2.76. The van der Waals surface area contributed by atoms with Crippen LogP contribution in [0.5, 0.6) is 5.75 Å². The van der Waals surface area contributed by atoms with Crippen molar-refractivity contribution in [3.8, 4) is 5.75 Å². The van der Waals surface area contributed by atoms with Crippen molar-refractivity contribution in [2.45, 2.75) is 25.4 Å². The number of aromatic hydroxyl groups is 1. The van der Waals surface area contributed by atoms with Crippen LogP contribution in [0.4, 0.5) is 0 Å². The molecule has 2 aliphatic rings. The highest BCUT2D eigenvalue weighted by molar-refractivity contribution is 5.80. The van der Waals surface area contributed by atoms with Crippen molar-refractivity contribution >= 4 is 5.90 Å². The molecule has 0 bridgehead atoms. The van der Waals surface area contributed by atoms with E-state index in [0.29, 0.717) is 18.2 Å². The number of phenolic OH excluding ortho intramolecular Hbond substituents is 1. The Morgan fingerprint density at radius 2 is 2.26 bits per heavy atom. The van der Waals surface area contributed by atoms with Gasteiger partial charge in [0.1, 0.15) is 11.9 Å². The Bertz CT molecular complexity index is 467. The van der Waals surface area contributed by atoms with Crippen molar-refractivity contribution in [2.24, 2.45) is 10.9 Å². The second kappa shape index (κ2) is 5.61. The Hall–Kier alpha value is -1.55. The van der Waals surface area contributed by atoms with Crippen molar-refractivity contribution in [1.82, 2.24) is 5.32 Å². The summed E-state index contributed by atoms with van der Waals surface area (Å²) >= 11 is 0. The predicted octanol–water partition coefficient (Wildman–Crippen LogP) is 1.73. The lowest BCUT2D eigenvalue weighted by Crippen LogP contribution is -2.35. The van der Waals surface area contributed by atoms with Gasteiger partial charge in [0, 0.05) is 18.9 Å². The Morgan fingerprint density at radius 1 is 1.37 bits per heavy atom. The predicted molar refractivity (Wildman–Crippen MR) is 74.6 cm³/mol. The molecule has 1 aromatic rings. The largest absolute Gasteiger partial charge is 0.508 e. The third-order valence-corrected chi connectivity index (χ3v) is 3.82. The maximum Gasteiger partial charge on any atom is 0.188 e. The van der Waals surface area contributed by atoms with Crippen LogP contribution in [0.2, 0.25) is 0 Å². The molecule has 4 heteroatoms. The average molecular weight is 260 g/mol. The van der Waals surface area contributed by atoms with E-state index in [-0.39, 0.29) is 6.10 Å². The highest BCUT2D eigenvalue weighted by Gasteiger charge is 2.28. The van der Waals surface area contributed by atoms with Crippen molar-refractivity contribution in [1.29, 1.82) is 0 Å². The van der Waals surface area contributed by atoms with Gasteiger partial charge < -0.3 is 15.2 Å². The minimum absolute atomic E-state index is 0.0743. The number of nitrogens with one attached hydrogen (secondary N) is 1. The monoisotopic (exact) mass is 260 g/mol. The lowest BCUT2D eigenvalue weighted by molar-refractivity contribution is 0.204. The number of rotatable bonds is 3. The Labute approximate surface area is 113 Å². The van der Waals surface area contributed by atoms with E-state index in [1.54, 1.807) is 6.07 Å². The summed E-state index contributed by atoms with van der Waals surface area (Å²) in [6, 6.07) is 7.44. The third-order valence-electron chi connectivity index (χ3n) is 3.82. The van der Waals surface area contributed by atoms with E-state index < -0.39 is 0 Å². The smallest absolute Gasteiger partial charge is 0.188 e. The molecule has 2 unspecified atom stereocenters. The molecule has 2 heterocycles. The molecule has 3 rings (SSSR count).